The van der Waals surface area contributed by atoms with E-state index in [9.17, 15) is 9.90 Å². The SMILES string of the molecule is CC1(C)Cc2ccc(C(=O)NCc3nc(C4CC4)no3)c(O)c2O1. The molecule has 7 nitrogen and oxygen atoms in total. The Morgan fingerprint density at radius 2 is 2.21 bits per heavy atom. The number of phenols is 1. The number of aromatic hydroxyl groups is 1. The fourth-order valence-corrected chi connectivity index (χ4v) is 2.92. The minimum Gasteiger partial charge on any atom is -0.504 e. The second-order valence-corrected chi connectivity index (χ2v) is 6.99. The van der Waals surface area contributed by atoms with Crippen molar-refractivity contribution in [2.75, 3.05) is 0 Å². The second-order valence-electron chi connectivity index (χ2n) is 6.99. The van der Waals surface area contributed by atoms with E-state index in [4.69, 9.17) is 9.26 Å². The Morgan fingerprint density at radius 1 is 1.42 bits per heavy atom. The molecule has 0 bridgehead atoms. The summed E-state index contributed by atoms with van der Waals surface area (Å²) < 4.78 is 10.9. The number of rotatable bonds is 4. The first-order valence-electron chi connectivity index (χ1n) is 8.07. The molecule has 1 aromatic heterocycles. The van der Waals surface area contributed by atoms with Crippen LogP contribution < -0.4 is 10.1 Å². The van der Waals surface area contributed by atoms with Crippen molar-refractivity contribution in [1.82, 2.24) is 15.5 Å². The van der Waals surface area contributed by atoms with Gasteiger partial charge in [0.05, 0.1) is 12.1 Å². The third-order valence-electron chi connectivity index (χ3n) is 4.28. The lowest BCUT2D eigenvalue weighted by molar-refractivity contribution is 0.0940. The van der Waals surface area contributed by atoms with Crippen LogP contribution in [0.4, 0.5) is 0 Å². The van der Waals surface area contributed by atoms with Crippen molar-refractivity contribution < 1.29 is 19.2 Å². The molecule has 2 heterocycles. The average Bonchev–Trinajstić information content (AvgIpc) is 3.17. The fraction of sp³-hybridized carbons (Fsp3) is 0.471. The number of carbonyl (C=O) groups is 1. The highest BCUT2D eigenvalue weighted by molar-refractivity contribution is 5.97. The van der Waals surface area contributed by atoms with E-state index < -0.39 is 5.91 Å². The van der Waals surface area contributed by atoms with Crippen LogP contribution in [0.2, 0.25) is 0 Å². The number of nitrogens with one attached hydrogen (secondary N) is 1. The summed E-state index contributed by atoms with van der Waals surface area (Å²) in [5.74, 6) is 1.33. The van der Waals surface area contributed by atoms with Crippen LogP contribution in [0.1, 0.15) is 60.2 Å². The van der Waals surface area contributed by atoms with Gasteiger partial charge in [-0.25, -0.2) is 0 Å². The van der Waals surface area contributed by atoms with Crippen LogP contribution in [0.25, 0.3) is 0 Å². The molecule has 2 aromatic rings. The molecule has 0 radical (unpaired) electrons. The van der Waals surface area contributed by atoms with Gasteiger partial charge in [-0.3, -0.25) is 4.79 Å². The zero-order valence-corrected chi connectivity index (χ0v) is 13.6. The van der Waals surface area contributed by atoms with E-state index in [0.29, 0.717) is 29.8 Å². The van der Waals surface area contributed by atoms with Gasteiger partial charge in [0.2, 0.25) is 5.89 Å². The first-order chi connectivity index (χ1) is 11.4. The van der Waals surface area contributed by atoms with Crippen LogP contribution in [0.5, 0.6) is 11.5 Å². The van der Waals surface area contributed by atoms with Crippen LogP contribution in [-0.4, -0.2) is 26.8 Å². The lowest BCUT2D eigenvalue weighted by Crippen LogP contribution is -2.25. The summed E-state index contributed by atoms with van der Waals surface area (Å²) in [6.45, 7) is 4.01. The lowest BCUT2D eigenvalue weighted by atomic mass is 10.0. The molecule has 4 rings (SSSR count). The molecule has 1 fully saturated rings. The van der Waals surface area contributed by atoms with Gasteiger partial charge in [-0.2, -0.15) is 4.98 Å². The summed E-state index contributed by atoms with van der Waals surface area (Å²) in [6, 6.07) is 3.42. The first-order valence-corrected chi connectivity index (χ1v) is 8.07. The molecule has 24 heavy (non-hydrogen) atoms. The van der Waals surface area contributed by atoms with Crippen LogP contribution in [-0.2, 0) is 13.0 Å². The second kappa shape index (κ2) is 5.22. The van der Waals surface area contributed by atoms with E-state index in [-0.39, 0.29) is 23.5 Å². The van der Waals surface area contributed by atoms with Crippen LogP contribution in [0.3, 0.4) is 0 Å². The quantitative estimate of drug-likeness (QED) is 0.893. The molecule has 2 N–H and O–H groups in total. The molecule has 0 atom stereocenters. The highest BCUT2D eigenvalue weighted by atomic mass is 16.5. The van der Waals surface area contributed by atoms with Gasteiger partial charge >= 0.3 is 0 Å². The van der Waals surface area contributed by atoms with Crippen molar-refractivity contribution in [3.63, 3.8) is 0 Å². The molecule has 1 saturated carbocycles. The van der Waals surface area contributed by atoms with E-state index in [2.05, 4.69) is 15.5 Å². The number of aromatic nitrogens is 2. The molecule has 1 aromatic carbocycles. The Balaban J connectivity index is 1.46. The Labute approximate surface area is 139 Å². The third-order valence-corrected chi connectivity index (χ3v) is 4.28. The largest absolute Gasteiger partial charge is 0.504 e. The van der Waals surface area contributed by atoms with E-state index in [1.807, 2.05) is 19.9 Å². The summed E-state index contributed by atoms with van der Waals surface area (Å²) in [7, 11) is 0. The molecule has 2 aliphatic rings. The van der Waals surface area contributed by atoms with Crippen molar-refractivity contribution >= 4 is 5.91 Å². The van der Waals surface area contributed by atoms with Crippen LogP contribution >= 0.6 is 0 Å². The molecule has 0 unspecified atom stereocenters. The van der Waals surface area contributed by atoms with Gasteiger partial charge < -0.3 is 19.7 Å². The summed E-state index contributed by atoms with van der Waals surface area (Å²) in [4.78, 5) is 16.6. The Hall–Kier alpha value is -2.57. The molecule has 1 aliphatic heterocycles. The van der Waals surface area contributed by atoms with Crippen LogP contribution in [0, 0.1) is 0 Å². The van der Waals surface area contributed by atoms with Crippen molar-refractivity contribution in [3.8, 4) is 11.5 Å². The Morgan fingerprint density at radius 3 is 2.96 bits per heavy atom. The van der Waals surface area contributed by atoms with Gasteiger partial charge in [-0.1, -0.05) is 11.2 Å². The molecule has 1 amide bonds. The number of amides is 1. The Bertz CT molecular complexity index is 808. The monoisotopic (exact) mass is 329 g/mol. The molecule has 126 valence electrons. The summed E-state index contributed by atoms with van der Waals surface area (Å²) in [5, 5.41) is 17.0. The maximum atomic E-state index is 12.3. The minimum atomic E-state index is -0.408. The molecule has 0 saturated heterocycles. The normalized spacial score (nSPS) is 18.1. The van der Waals surface area contributed by atoms with Gasteiger partial charge in [-0.15, -0.1) is 0 Å². The zero-order valence-electron chi connectivity index (χ0n) is 13.6. The topological polar surface area (TPSA) is 97.5 Å². The number of fused-ring (bicyclic) bond motifs is 1. The number of benzene rings is 1. The molecule has 0 spiro atoms. The maximum Gasteiger partial charge on any atom is 0.255 e. The highest BCUT2D eigenvalue weighted by Crippen LogP contribution is 2.43. The Kier molecular flexibility index (Phi) is 3.26. The number of carbonyl (C=O) groups excluding carboxylic acids is 1. The van der Waals surface area contributed by atoms with Crippen molar-refractivity contribution in [2.45, 2.75) is 51.2 Å². The third kappa shape index (κ3) is 2.70. The van der Waals surface area contributed by atoms with Gasteiger partial charge in [0.1, 0.15) is 5.60 Å². The predicted molar refractivity (Wildman–Crippen MR) is 84.0 cm³/mol. The predicted octanol–water partition coefficient (Wildman–Crippen LogP) is 2.30. The van der Waals surface area contributed by atoms with E-state index in [1.165, 1.54) is 0 Å². The summed E-state index contributed by atoms with van der Waals surface area (Å²) >= 11 is 0. The fourth-order valence-electron chi connectivity index (χ4n) is 2.92. The molecular weight excluding hydrogens is 310 g/mol. The van der Waals surface area contributed by atoms with Crippen molar-refractivity contribution in [1.29, 1.82) is 0 Å². The van der Waals surface area contributed by atoms with Gasteiger partial charge in [-0.05, 0) is 32.8 Å². The average molecular weight is 329 g/mol. The zero-order chi connectivity index (χ0) is 16.9. The van der Waals surface area contributed by atoms with Crippen LogP contribution in [0.15, 0.2) is 16.7 Å². The lowest BCUT2D eigenvalue weighted by Gasteiger charge is -2.17. The van der Waals surface area contributed by atoms with E-state index in [0.717, 1.165) is 18.4 Å². The van der Waals surface area contributed by atoms with Gasteiger partial charge in [0.25, 0.3) is 5.91 Å². The molecule has 1 aliphatic carbocycles. The first kappa shape index (κ1) is 15.0. The molecular formula is C17H19N3O4. The smallest absolute Gasteiger partial charge is 0.255 e. The highest BCUT2D eigenvalue weighted by Gasteiger charge is 2.34. The number of hydrogen-bond donors (Lipinski definition) is 2. The van der Waals surface area contributed by atoms with E-state index in [1.54, 1.807) is 6.07 Å². The molecule has 7 heteroatoms. The van der Waals surface area contributed by atoms with E-state index >= 15 is 0 Å². The number of hydrogen-bond acceptors (Lipinski definition) is 6. The van der Waals surface area contributed by atoms with Crippen molar-refractivity contribution in [3.05, 3.63) is 35.0 Å². The summed E-state index contributed by atoms with van der Waals surface area (Å²) in [5.41, 5.74) is 0.700. The van der Waals surface area contributed by atoms with Gasteiger partial charge in [0, 0.05) is 17.9 Å². The maximum absolute atomic E-state index is 12.3. The van der Waals surface area contributed by atoms with Gasteiger partial charge in [0.15, 0.2) is 17.3 Å². The summed E-state index contributed by atoms with van der Waals surface area (Å²) in [6.07, 6.45) is 2.87. The number of ether oxygens (including phenoxy) is 1. The van der Waals surface area contributed by atoms with Crippen molar-refractivity contribution in [2.24, 2.45) is 0 Å². The standard InChI is InChI=1S/C17H19N3O4/c1-17(2)7-10-5-6-11(13(21)14(10)23-17)16(22)18-8-12-19-15(20-24-12)9-3-4-9/h5-6,9,21H,3-4,7-8H2,1-2H3,(H,18,22). The number of phenolic OH excluding ortho intramolecular Hbond substituents is 1. The number of nitrogens with zero attached hydrogens (tertiary/aromatic N) is 2. The minimum absolute atomic E-state index is 0.125.